The zero-order valence-electron chi connectivity index (χ0n) is 6.54. The van der Waals surface area contributed by atoms with Gasteiger partial charge in [0.1, 0.15) is 0 Å². The molecule has 1 heterocycles. The van der Waals surface area contributed by atoms with Crippen molar-refractivity contribution in [2.24, 2.45) is 5.73 Å². The third kappa shape index (κ3) is 2.07. The van der Waals surface area contributed by atoms with Crippen molar-refractivity contribution in [3.8, 4) is 0 Å². The molecule has 2 N–H and O–H groups in total. The summed E-state index contributed by atoms with van der Waals surface area (Å²) in [5, 5.41) is 1.43. The van der Waals surface area contributed by atoms with Crippen molar-refractivity contribution < 1.29 is 0 Å². The van der Waals surface area contributed by atoms with Crippen LogP contribution >= 0.6 is 23.5 Å². The van der Waals surface area contributed by atoms with Crippen LogP contribution in [-0.2, 0) is 0 Å². The number of nitrogens with two attached hydrogens (primary N) is 1. The first-order valence-corrected chi connectivity index (χ1v) is 5.80. The van der Waals surface area contributed by atoms with E-state index in [1.165, 1.54) is 11.5 Å². The normalized spacial score (nSPS) is 37.5. The van der Waals surface area contributed by atoms with E-state index in [1.54, 1.807) is 0 Å². The molecule has 0 aromatic rings. The maximum absolute atomic E-state index is 5.82. The van der Waals surface area contributed by atoms with Gasteiger partial charge in [-0.2, -0.15) is 23.5 Å². The van der Waals surface area contributed by atoms with Crippen LogP contribution in [0.3, 0.4) is 0 Å². The molecule has 1 aliphatic heterocycles. The van der Waals surface area contributed by atoms with Crippen LogP contribution in [0.5, 0.6) is 0 Å². The lowest BCUT2D eigenvalue weighted by Crippen LogP contribution is -2.38. The van der Waals surface area contributed by atoms with E-state index in [0.29, 0.717) is 11.3 Å². The van der Waals surface area contributed by atoms with Crippen molar-refractivity contribution in [1.29, 1.82) is 0 Å². The quantitative estimate of drug-likeness (QED) is 0.658. The second-order valence-corrected chi connectivity index (χ2v) is 5.54. The first kappa shape index (κ1) is 8.75. The third-order valence-electron chi connectivity index (χ3n) is 1.76. The van der Waals surface area contributed by atoms with Crippen LogP contribution in [-0.4, -0.2) is 28.0 Å². The largest absolute Gasteiger partial charge is 0.327 e. The van der Waals surface area contributed by atoms with Gasteiger partial charge in [-0.25, -0.2) is 0 Å². The molecule has 0 saturated carbocycles. The molecule has 1 saturated heterocycles. The van der Waals surface area contributed by atoms with Crippen LogP contribution in [0.2, 0.25) is 0 Å². The Kier molecular flexibility index (Phi) is 3.40. The van der Waals surface area contributed by atoms with E-state index < -0.39 is 0 Å². The molecular formula is C7H15NS2. The molecular weight excluding hydrogens is 162 g/mol. The Bertz CT molecular complexity index is 106. The molecule has 1 rings (SSSR count). The molecule has 3 atom stereocenters. The number of rotatable bonds is 1. The standard InChI is InChI=1S/C7H15NS2/c1-5(8)7-6(2)9-3-4-10-7/h5-7H,3-4,8H2,1-2H3. The molecule has 10 heavy (non-hydrogen) atoms. The molecule has 3 unspecified atom stereocenters. The summed E-state index contributed by atoms with van der Waals surface area (Å²) in [6, 6.07) is 0.354. The molecule has 60 valence electrons. The number of hydrogen-bond acceptors (Lipinski definition) is 3. The van der Waals surface area contributed by atoms with E-state index in [2.05, 4.69) is 25.6 Å². The number of hydrogen-bond donors (Lipinski definition) is 1. The molecule has 0 spiro atoms. The van der Waals surface area contributed by atoms with Crippen LogP contribution in [0, 0.1) is 0 Å². The SMILES string of the molecule is CC(N)C1SCCSC1C. The van der Waals surface area contributed by atoms with E-state index >= 15 is 0 Å². The average molecular weight is 177 g/mol. The second kappa shape index (κ2) is 3.88. The minimum Gasteiger partial charge on any atom is -0.327 e. The predicted octanol–water partition coefficient (Wildman–Crippen LogP) is 1.57. The predicted molar refractivity (Wildman–Crippen MR) is 51.8 cm³/mol. The highest BCUT2D eigenvalue weighted by atomic mass is 32.2. The zero-order valence-corrected chi connectivity index (χ0v) is 8.17. The minimum absolute atomic E-state index is 0.354. The Morgan fingerprint density at radius 1 is 1.40 bits per heavy atom. The maximum atomic E-state index is 5.82. The third-order valence-corrected chi connectivity index (χ3v) is 5.11. The maximum Gasteiger partial charge on any atom is 0.0312 e. The van der Waals surface area contributed by atoms with E-state index in [9.17, 15) is 0 Å². The molecule has 0 bridgehead atoms. The molecule has 1 aliphatic rings. The topological polar surface area (TPSA) is 26.0 Å². The summed E-state index contributed by atoms with van der Waals surface area (Å²) < 4.78 is 0. The summed E-state index contributed by atoms with van der Waals surface area (Å²) in [5.41, 5.74) is 5.82. The Morgan fingerprint density at radius 3 is 2.40 bits per heavy atom. The van der Waals surface area contributed by atoms with Gasteiger partial charge in [0, 0.05) is 28.0 Å². The molecule has 0 aliphatic carbocycles. The van der Waals surface area contributed by atoms with Crippen LogP contribution in [0.1, 0.15) is 13.8 Å². The Morgan fingerprint density at radius 2 is 2.00 bits per heavy atom. The molecule has 0 aromatic carbocycles. The first-order chi connectivity index (χ1) is 4.72. The zero-order chi connectivity index (χ0) is 7.56. The second-order valence-electron chi connectivity index (χ2n) is 2.77. The molecule has 0 aromatic heterocycles. The van der Waals surface area contributed by atoms with Crippen LogP contribution in [0.15, 0.2) is 0 Å². The van der Waals surface area contributed by atoms with Gasteiger partial charge < -0.3 is 5.73 Å². The molecule has 1 fully saturated rings. The van der Waals surface area contributed by atoms with Crippen molar-refractivity contribution in [2.75, 3.05) is 11.5 Å². The van der Waals surface area contributed by atoms with Crippen molar-refractivity contribution in [1.82, 2.24) is 0 Å². The van der Waals surface area contributed by atoms with Gasteiger partial charge in [-0.15, -0.1) is 0 Å². The lowest BCUT2D eigenvalue weighted by atomic mass is 10.2. The highest BCUT2D eigenvalue weighted by Crippen LogP contribution is 2.32. The van der Waals surface area contributed by atoms with Crippen molar-refractivity contribution in [3.63, 3.8) is 0 Å². The summed E-state index contributed by atoms with van der Waals surface area (Å²) in [7, 11) is 0. The van der Waals surface area contributed by atoms with Gasteiger partial charge in [-0.3, -0.25) is 0 Å². The summed E-state index contributed by atoms with van der Waals surface area (Å²) in [6.45, 7) is 4.39. The van der Waals surface area contributed by atoms with Gasteiger partial charge in [-0.1, -0.05) is 6.92 Å². The fraction of sp³-hybridized carbons (Fsp3) is 1.00. The van der Waals surface area contributed by atoms with E-state index in [-0.39, 0.29) is 0 Å². The fourth-order valence-electron chi connectivity index (χ4n) is 1.23. The monoisotopic (exact) mass is 177 g/mol. The van der Waals surface area contributed by atoms with Crippen LogP contribution in [0.4, 0.5) is 0 Å². The van der Waals surface area contributed by atoms with Gasteiger partial charge in [0.15, 0.2) is 0 Å². The van der Waals surface area contributed by atoms with E-state index in [4.69, 9.17) is 5.73 Å². The number of thioether (sulfide) groups is 2. The Hall–Kier alpha value is 0.660. The molecule has 0 radical (unpaired) electrons. The lowest BCUT2D eigenvalue weighted by molar-refractivity contribution is 0.678. The van der Waals surface area contributed by atoms with Gasteiger partial charge >= 0.3 is 0 Å². The van der Waals surface area contributed by atoms with Crippen LogP contribution < -0.4 is 5.73 Å². The Labute approximate surface area is 71.5 Å². The summed E-state index contributed by atoms with van der Waals surface area (Å²) in [6.07, 6.45) is 0. The van der Waals surface area contributed by atoms with Crippen molar-refractivity contribution in [3.05, 3.63) is 0 Å². The summed E-state index contributed by atoms with van der Waals surface area (Å²) in [5.74, 6) is 2.58. The van der Waals surface area contributed by atoms with Crippen LogP contribution in [0.25, 0.3) is 0 Å². The van der Waals surface area contributed by atoms with E-state index in [1.807, 2.05) is 11.8 Å². The molecule has 1 nitrogen and oxygen atoms in total. The Balaban J connectivity index is 2.40. The molecule has 0 amide bonds. The summed E-state index contributed by atoms with van der Waals surface area (Å²) in [4.78, 5) is 0. The van der Waals surface area contributed by atoms with Gasteiger partial charge in [-0.05, 0) is 6.92 Å². The average Bonchev–Trinajstić information content (AvgIpc) is 1.88. The van der Waals surface area contributed by atoms with Crippen molar-refractivity contribution in [2.45, 2.75) is 30.4 Å². The minimum atomic E-state index is 0.354. The summed E-state index contributed by atoms with van der Waals surface area (Å²) >= 11 is 4.09. The first-order valence-electron chi connectivity index (χ1n) is 3.70. The van der Waals surface area contributed by atoms with Gasteiger partial charge in [0.25, 0.3) is 0 Å². The van der Waals surface area contributed by atoms with Gasteiger partial charge in [0.05, 0.1) is 0 Å². The van der Waals surface area contributed by atoms with Gasteiger partial charge in [0.2, 0.25) is 0 Å². The highest BCUT2D eigenvalue weighted by Gasteiger charge is 2.24. The van der Waals surface area contributed by atoms with E-state index in [0.717, 1.165) is 5.25 Å². The lowest BCUT2D eigenvalue weighted by Gasteiger charge is -2.30. The van der Waals surface area contributed by atoms with Crippen molar-refractivity contribution >= 4 is 23.5 Å². The molecule has 3 heteroatoms. The highest BCUT2D eigenvalue weighted by molar-refractivity contribution is 8.07. The smallest absolute Gasteiger partial charge is 0.0312 e. The fourth-order valence-corrected chi connectivity index (χ4v) is 4.13.